The van der Waals surface area contributed by atoms with E-state index >= 15 is 0 Å². The van der Waals surface area contributed by atoms with Crippen molar-refractivity contribution in [2.45, 2.75) is 52.6 Å². The van der Waals surface area contributed by atoms with E-state index in [0.29, 0.717) is 5.92 Å². The monoisotopic (exact) mass is 214 g/mol. The molecule has 88 valence electrons. The number of amidine groups is 1. The van der Waals surface area contributed by atoms with Crippen LogP contribution in [-0.4, -0.2) is 22.6 Å². The van der Waals surface area contributed by atoms with Gasteiger partial charge < -0.3 is 10.9 Å². The Kier molecular flexibility index (Phi) is 5.25. The van der Waals surface area contributed by atoms with Crippen molar-refractivity contribution in [3.63, 3.8) is 0 Å². The molecule has 5 heteroatoms. The zero-order valence-electron chi connectivity index (χ0n) is 10.2. The Bertz CT molecular complexity index is 246. The summed E-state index contributed by atoms with van der Waals surface area (Å²) < 4.78 is 0. The second-order valence-electron chi connectivity index (χ2n) is 4.74. The zero-order valence-corrected chi connectivity index (χ0v) is 10.2. The lowest BCUT2D eigenvalue weighted by molar-refractivity contribution is 0.312. The van der Waals surface area contributed by atoms with Crippen LogP contribution in [-0.2, 0) is 0 Å². The minimum atomic E-state index is -0.736. The molecule has 0 aliphatic heterocycles. The van der Waals surface area contributed by atoms with Crippen LogP contribution in [0.5, 0.6) is 0 Å². The number of hydrogen-bond acceptors (Lipinski definition) is 4. The Morgan fingerprint density at radius 1 is 1.33 bits per heavy atom. The highest BCUT2D eigenvalue weighted by molar-refractivity contribution is 5.88. The summed E-state index contributed by atoms with van der Waals surface area (Å²) in [7, 11) is 0. The summed E-state index contributed by atoms with van der Waals surface area (Å²) >= 11 is 0. The maximum atomic E-state index is 8.54. The third-order valence-electron chi connectivity index (χ3n) is 2.05. The summed E-state index contributed by atoms with van der Waals surface area (Å²) in [5, 5.41) is 19.7. The van der Waals surface area contributed by atoms with E-state index in [4.69, 9.17) is 10.9 Å². The van der Waals surface area contributed by atoms with Crippen LogP contribution >= 0.6 is 0 Å². The van der Waals surface area contributed by atoms with E-state index in [2.05, 4.69) is 29.2 Å². The number of rotatable bonds is 5. The van der Waals surface area contributed by atoms with Gasteiger partial charge in [0.05, 0.1) is 6.04 Å². The SMILES string of the molecule is CC(C)CC(C)N=NC(C)(C)C(N)=NO. The number of nitrogens with two attached hydrogens (primary N) is 1. The Labute approximate surface area is 91.5 Å². The number of hydrogen-bond donors (Lipinski definition) is 2. The molecule has 0 saturated carbocycles. The first kappa shape index (κ1) is 13.9. The molecule has 0 aromatic carbocycles. The van der Waals surface area contributed by atoms with E-state index in [0.717, 1.165) is 6.42 Å². The Balaban J connectivity index is 4.38. The van der Waals surface area contributed by atoms with Crippen LogP contribution in [0.25, 0.3) is 0 Å². The first-order chi connectivity index (χ1) is 6.79. The van der Waals surface area contributed by atoms with Crippen molar-refractivity contribution in [2.24, 2.45) is 27.0 Å². The van der Waals surface area contributed by atoms with Crippen molar-refractivity contribution >= 4 is 5.84 Å². The van der Waals surface area contributed by atoms with E-state index in [1.165, 1.54) is 0 Å². The van der Waals surface area contributed by atoms with Gasteiger partial charge in [0, 0.05) is 0 Å². The fourth-order valence-electron chi connectivity index (χ4n) is 1.15. The van der Waals surface area contributed by atoms with Gasteiger partial charge in [0.2, 0.25) is 0 Å². The van der Waals surface area contributed by atoms with Crippen LogP contribution in [0, 0.1) is 5.92 Å². The third-order valence-corrected chi connectivity index (χ3v) is 2.05. The Morgan fingerprint density at radius 3 is 2.27 bits per heavy atom. The summed E-state index contributed by atoms with van der Waals surface area (Å²) in [6.45, 7) is 9.80. The fourth-order valence-corrected chi connectivity index (χ4v) is 1.15. The lowest BCUT2D eigenvalue weighted by atomic mass is 10.1. The third kappa shape index (κ3) is 5.34. The van der Waals surface area contributed by atoms with Gasteiger partial charge in [0.1, 0.15) is 5.54 Å². The molecule has 0 amide bonds. The predicted molar refractivity (Wildman–Crippen MR) is 61.3 cm³/mol. The molecule has 3 N–H and O–H groups in total. The molecule has 0 spiro atoms. The molecule has 1 unspecified atom stereocenters. The van der Waals surface area contributed by atoms with E-state index < -0.39 is 5.54 Å². The molecule has 1 atom stereocenters. The van der Waals surface area contributed by atoms with Crippen LogP contribution < -0.4 is 5.73 Å². The molecule has 0 saturated heterocycles. The van der Waals surface area contributed by atoms with Gasteiger partial charge in [-0.15, -0.1) is 0 Å². The Hall–Kier alpha value is -1.13. The average molecular weight is 214 g/mol. The molecule has 0 heterocycles. The molecule has 0 radical (unpaired) electrons. The predicted octanol–water partition coefficient (Wildman–Crippen LogP) is 2.40. The molecule has 15 heavy (non-hydrogen) atoms. The summed E-state index contributed by atoms with van der Waals surface area (Å²) in [6.07, 6.45) is 0.982. The summed E-state index contributed by atoms with van der Waals surface area (Å²) in [6, 6.07) is 0.163. The van der Waals surface area contributed by atoms with Crippen LogP contribution in [0.4, 0.5) is 0 Å². The largest absolute Gasteiger partial charge is 0.409 e. The highest BCUT2D eigenvalue weighted by Crippen LogP contribution is 2.13. The molecule has 0 bridgehead atoms. The van der Waals surface area contributed by atoms with Gasteiger partial charge in [-0.25, -0.2) is 0 Å². The smallest absolute Gasteiger partial charge is 0.168 e. The number of nitrogens with zero attached hydrogens (tertiary/aromatic N) is 3. The van der Waals surface area contributed by atoms with E-state index in [1.54, 1.807) is 13.8 Å². The maximum Gasteiger partial charge on any atom is 0.168 e. The fraction of sp³-hybridized carbons (Fsp3) is 0.900. The molecular formula is C10H22N4O. The second kappa shape index (κ2) is 5.68. The first-order valence-corrected chi connectivity index (χ1v) is 5.19. The molecule has 0 aliphatic carbocycles. The number of azo groups is 1. The normalized spacial score (nSPS) is 16.3. The standard InChI is InChI=1S/C10H22N4O/c1-7(2)6-8(3)12-14-10(4,5)9(11)13-15/h7-8,15H,6H2,1-5H3,(H2,11,13). The first-order valence-electron chi connectivity index (χ1n) is 5.19. The maximum absolute atomic E-state index is 8.54. The summed E-state index contributed by atoms with van der Waals surface area (Å²) in [5.74, 6) is 0.661. The van der Waals surface area contributed by atoms with Crippen LogP contribution in [0.3, 0.4) is 0 Å². The van der Waals surface area contributed by atoms with Crippen LogP contribution in [0.15, 0.2) is 15.4 Å². The number of oxime groups is 1. The lowest BCUT2D eigenvalue weighted by Crippen LogP contribution is -2.36. The highest BCUT2D eigenvalue weighted by Gasteiger charge is 2.23. The quantitative estimate of drug-likeness (QED) is 0.242. The van der Waals surface area contributed by atoms with Crippen molar-refractivity contribution in [1.82, 2.24) is 0 Å². The van der Waals surface area contributed by atoms with Gasteiger partial charge in [-0.05, 0) is 33.1 Å². The van der Waals surface area contributed by atoms with Crippen molar-refractivity contribution < 1.29 is 5.21 Å². The molecule has 0 aliphatic rings. The van der Waals surface area contributed by atoms with Crippen LogP contribution in [0.1, 0.15) is 41.0 Å². The van der Waals surface area contributed by atoms with E-state index in [1.807, 2.05) is 6.92 Å². The van der Waals surface area contributed by atoms with Gasteiger partial charge in [-0.2, -0.15) is 10.2 Å². The summed E-state index contributed by atoms with van der Waals surface area (Å²) in [4.78, 5) is 0. The van der Waals surface area contributed by atoms with E-state index in [9.17, 15) is 0 Å². The average Bonchev–Trinajstić information content (AvgIpc) is 2.12. The van der Waals surface area contributed by atoms with Crippen molar-refractivity contribution in [3.8, 4) is 0 Å². The van der Waals surface area contributed by atoms with Crippen molar-refractivity contribution in [2.75, 3.05) is 0 Å². The zero-order chi connectivity index (χ0) is 12.1. The Morgan fingerprint density at radius 2 is 1.87 bits per heavy atom. The second-order valence-corrected chi connectivity index (χ2v) is 4.74. The molecular weight excluding hydrogens is 192 g/mol. The van der Waals surface area contributed by atoms with Gasteiger partial charge in [-0.1, -0.05) is 19.0 Å². The summed E-state index contributed by atoms with van der Waals surface area (Å²) in [5.41, 5.74) is 4.75. The van der Waals surface area contributed by atoms with E-state index in [-0.39, 0.29) is 11.9 Å². The van der Waals surface area contributed by atoms with Gasteiger partial charge in [0.25, 0.3) is 0 Å². The topological polar surface area (TPSA) is 83.3 Å². The van der Waals surface area contributed by atoms with Gasteiger partial charge in [0.15, 0.2) is 5.84 Å². The molecule has 5 nitrogen and oxygen atoms in total. The minimum absolute atomic E-state index is 0.0722. The van der Waals surface area contributed by atoms with Gasteiger partial charge >= 0.3 is 0 Å². The van der Waals surface area contributed by atoms with Crippen LogP contribution in [0.2, 0.25) is 0 Å². The molecule has 0 fully saturated rings. The highest BCUT2D eigenvalue weighted by atomic mass is 16.4. The lowest BCUT2D eigenvalue weighted by Gasteiger charge is -2.17. The van der Waals surface area contributed by atoms with Crippen molar-refractivity contribution in [1.29, 1.82) is 0 Å². The molecule has 0 aromatic heterocycles. The minimum Gasteiger partial charge on any atom is -0.409 e. The molecule has 0 rings (SSSR count). The molecule has 0 aromatic rings. The van der Waals surface area contributed by atoms with Crippen molar-refractivity contribution in [3.05, 3.63) is 0 Å². The van der Waals surface area contributed by atoms with Gasteiger partial charge in [-0.3, -0.25) is 0 Å².